The molecule has 1 fully saturated rings. The maximum Gasteiger partial charge on any atom is 0.305 e. The number of ether oxygens (including phenoxy) is 1. The number of carbonyl (C=O) groups excluding carboxylic acids is 1. The van der Waals surface area contributed by atoms with Gasteiger partial charge in [0.2, 0.25) is 5.91 Å². The Hall–Kier alpha value is -1.88. The number of aryl methyl sites for hydroxylation is 1. The van der Waals surface area contributed by atoms with Crippen LogP contribution < -0.4 is 5.32 Å². The van der Waals surface area contributed by atoms with E-state index in [1.807, 2.05) is 30.3 Å². The lowest BCUT2D eigenvalue weighted by molar-refractivity contribution is -0.139. The third-order valence-electron chi connectivity index (χ3n) is 3.71. The highest BCUT2D eigenvalue weighted by Gasteiger charge is 2.38. The standard InChI is InChI=1S/C16H21NO4/c18-14(8-4-7-13-5-2-1-3-6-13)17-16(11-15(19)20)9-10-21-12-16/h1-3,5-6H,4,7-12H2,(H,17,18)(H,19,20). The summed E-state index contributed by atoms with van der Waals surface area (Å²) < 4.78 is 5.26. The van der Waals surface area contributed by atoms with Crippen LogP contribution in [0.15, 0.2) is 30.3 Å². The molecular weight excluding hydrogens is 270 g/mol. The third kappa shape index (κ3) is 4.86. The number of carboxylic acid groups (broad SMARTS) is 1. The van der Waals surface area contributed by atoms with Crippen molar-refractivity contribution in [3.05, 3.63) is 35.9 Å². The van der Waals surface area contributed by atoms with E-state index in [9.17, 15) is 9.59 Å². The molecule has 1 amide bonds. The van der Waals surface area contributed by atoms with E-state index >= 15 is 0 Å². The maximum absolute atomic E-state index is 12.0. The largest absolute Gasteiger partial charge is 0.481 e. The Bertz CT molecular complexity index is 480. The minimum atomic E-state index is -0.912. The average molecular weight is 291 g/mol. The molecule has 1 saturated heterocycles. The Labute approximate surface area is 124 Å². The van der Waals surface area contributed by atoms with Crippen LogP contribution in [-0.2, 0) is 20.7 Å². The number of carboxylic acids is 1. The monoisotopic (exact) mass is 291 g/mol. The van der Waals surface area contributed by atoms with Crippen molar-refractivity contribution in [1.29, 1.82) is 0 Å². The van der Waals surface area contributed by atoms with Crippen molar-refractivity contribution in [1.82, 2.24) is 5.32 Å². The predicted octanol–water partition coefficient (Wildman–Crippen LogP) is 1.76. The SMILES string of the molecule is O=C(O)CC1(NC(=O)CCCc2ccccc2)CCOC1. The summed E-state index contributed by atoms with van der Waals surface area (Å²) in [5.41, 5.74) is 0.477. The van der Waals surface area contributed by atoms with E-state index in [1.165, 1.54) is 5.56 Å². The van der Waals surface area contributed by atoms with Crippen molar-refractivity contribution in [2.75, 3.05) is 13.2 Å². The fourth-order valence-electron chi connectivity index (χ4n) is 2.63. The van der Waals surface area contributed by atoms with Gasteiger partial charge in [-0.2, -0.15) is 0 Å². The van der Waals surface area contributed by atoms with Crippen LogP contribution in [0.1, 0.15) is 31.2 Å². The van der Waals surface area contributed by atoms with Gasteiger partial charge < -0.3 is 15.2 Å². The number of carbonyl (C=O) groups is 2. The van der Waals surface area contributed by atoms with Gasteiger partial charge in [0.25, 0.3) is 0 Å². The number of rotatable bonds is 7. The summed E-state index contributed by atoms with van der Waals surface area (Å²) in [6.07, 6.45) is 2.47. The van der Waals surface area contributed by atoms with Gasteiger partial charge in [-0.15, -0.1) is 0 Å². The van der Waals surface area contributed by atoms with E-state index in [1.54, 1.807) is 0 Å². The van der Waals surface area contributed by atoms with Crippen LogP contribution >= 0.6 is 0 Å². The topological polar surface area (TPSA) is 75.6 Å². The molecule has 0 bridgehead atoms. The molecule has 5 heteroatoms. The Kier molecular flexibility index (Phi) is 5.33. The molecule has 0 aromatic heterocycles. The second-order valence-electron chi connectivity index (χ2n) is 5.54. The van der Waals surface area contributed by atoms with Gasteiger partial charge in [-0.3, -0.25) is 9.59 Å². The predicted molar refractivity (Wildman–Crippen MR) is 77.9 cm³/mol. The van der Waals surface area contributed by atoms with Gasteiger partial charge in [-0.1, -0.05) is 30.3 Å². The zero-order chi connectivity index (χ0) is 15.1. The van der Waals surface area contributed by atoms with Crippen molar-refractivity contribution >= 4 is 11.9 Å². The molecule has 0 saturated carbocycles. The summed E-state index contributed by atoms with van der Waals surface area (Å²) in [5.74, 6) is -1.01. The minimum Gasteiger partial charge on any atom is -0.481 e. The minimum absolute atomic E-state index is 0.0859. The van der Waals surface area contributed by atoms with E-state index in [2.05, 4.69) is 5.32 Å². The number of nitrogens with one attached hydrogen (secondary N) is 1. The molecule has 1 aromatic rings. The second-order valence-corrected chi connectivity index (χ2v) is 5.54. The van der Waals surface area contributed by atoms with Crippen LogP contribution in [0.25, 0.3) is 0 Å². The van der Waals surface area contributed by atoms with Gasteiger partial charge in [0.15, 0.2) is 0 Å². The molecule has 2 rings (SSSR count). The smallest absolute Gasteiger partial charge is 0.305 e. The van der Waals surface area contributed by atoms with Crippen LogP contribution in [-0.4, -0.2) is 35.7 Å². The summed E-state index contributed by atoms with van der Waals surface area (Å²) in [6, 6.07) is 10.00. The molecule has 5 nitrogen and oxygen atoms in total. The van der Waals surface area contributed by atoms with E-state index in [0.717, 1.165) is 12.8 Å². The molecule has 1 aromatic carbocycles. The van der Waals surface area contributed by atoms with Gasteiger partial charge >= 0.3 is 5.97 Å². The molecule has 2 N–H and O–H groups in total. The molecule has 114 valence electrons. The van der Waals surface area contributed by atoms with E-state index in [-0.39, 0.29) is 18.9 Å². The molecule has 0 aliphatic carbocycles. The molecule has 1 heterocycles. The van der Waals surface area contributed by atoms with Gasteiger partial charge in [0, 0.05) is 13.0 Å². The van der Waals surface area contributed by atoms with Gasteiger partial charge in [0.05, 0.1) is 18.6 Å². The molecule has 0 radical (unpaired) electrons. The first-order chi connectivity index (χ1) is 10.1. The first-order valence-corrected chi connectivity index (χ1v) is 7.24. The Morgan fingerprint density at radius 2 is 2.05 bits per heavy atom. The highest BCUT2D eigenvalue weighted by Crippen LogP contribution is 2.23. The van der Waals surface area contributed by atoms with E-state index < -0.39 is 11.5 Å². The number of aliphatic carboxylic acids is 1. The summed E-state index contributed by atoms with van der Waals surface area (Å²) in [5, 5.41) is 11.8. The highest BCUT2D eigenvalue weighted by atomic mass is 16.5. The van der Waals surface area contributed by atoms with Gasteiger partial charge in [0.1, 0.15) is 0 Å². The lowest BCUT2D eigenvalue weighted by Gasteiger charge is -2.27. The van der Waals surface area contributed by atoms with Crippen LogP contribution in [0.4, 0.5) is 0 Å². The molecule has 21 heavy (non-hydrogen) atoms. The average Bonchev–Trinajstić information content (AvgIpc) is 2.87. The first kappa shape index (κ1) is 15.5. The number of hydrogen-bond acceptors (Lipinski definition) is 3. The zero-order valence-corrected chi connectivity index (χ0v) is 12.0. The first-order valence-electron chi connectivity index (χ1n) is 7.24. The van der Waals surface area contributed by atoms with E-state index in [0.29, 0.717) is 19.4 Å². The Balaban J connectivity index is 1.78. The lowest BCUT2D eigenvalue weighted by Crippen LogP contribution is -2.50. The molecular formula is C16H21NO4. The fraction of sp³-hybridized carbons (Fsp3) is 0.500. The number of hydrogen-bond donors (Lipinski definition) is 2. The maximum atomic E-state index is 12.0. The van der Waals surface area contributed by atoms with Crippen molar-refractivity contribution < 1.29 is 19.4 Å². The molecule has 0 spiro atoms. The van der Waals surface area contributed by atoms with Crippen LogP contribution in [0.2, 0.25) is 0 Å². The summed E-state index contributed by atoms with van der Waals surface area (Å²) in [7, 11) is 0. The fourth-order valence-corrected chi connectivity index (χ4v) is 2.63. The molecule has 1 unspecified atom stereocenters. The number of benzene rings is 1. The van der Waals surface area contributed by atoms with Gasteiger partial charge in [-0.05, 0) is 24.8 Å². The van der Waals surface area contributed by atoms with Crippen LogP contribution in [0.5, 0.6) is 0 Å². The summed E-state index contributed by atoms with van der Waals surface area (Å²) in [4.78, 5) is 23.0. The van der Waals surface area contributed by atoms with Crippen molar-refractivity contribution in [2.24, 2.45) is 0 Å². The van der Waals surface area contributed by atoms with Crippen molar-refractivity contribution in [3.63, 3.8) is 0 Å². The second kappa shape index (κ2) is 7.22. The zero-order valence-electron chi connectivity index (χ0n) is 12.0. The summed E-state index contributed by atoms with van der Waals surface area (Å²) >= 11 is 0. The van der Waals surface area contributed by atoms with Crippen molar-refractivity contribution in [3.8, 4) is 0 Å². The molecule has 1 aliphatic heterocycles. The van der Waals surface area contributed by atoms with Crippen LogP contribution in [0, 0.1) is 0 Å². The normalized spacial score (nSPS) is 21.1. The Morgan fingerprint density at radius 3 is 2.67 bits per heavy atom. The number of amides is 1. The quantitative estimate of drug-likeness (QED) is 0.802. The van der Waals surface area contributed by atoms with E-state index in [4.69, 9.17) is 9.84 Å². The highest BCUT2D eigenvalue weighted by molar-refractivity contribution is 5.78. The molecule has 1 aliphatic rings. The van der Waals surface area contributed by atoms with Gasteiger partial charge in [-0.25, -0.2) is 0 Å². The Morgan fingerprint density at radius 1 is 1.29 bits per heavy atom. The third-order valence-corrected chi connectivity index (χ3v) is 3.71. The lowest BCUT2D eigenvalue weighted by atomic mass is 9.94. The summed E-state index contributed by atoms with van der Waals surface area (Å²) in [6.45, 7) is 0.779. The van der Waals surface area contributed by atoms with Crippen molar-refractivity contribution in [2.45, 2.75) is 37.6 Å². The van der Waals surface area contributed by atoms with Crippen LogP contribution in [0.3, 0.4) is 0 Å². The molecule has 1 atom stereocenters.